The Morgan fingerprint density at radius 3 is 2.15 bits per heavy atom. The van der Waals surface area contributed by atoms with Crippen LogP contribution in [0, 0.1) is 12.8 Å². The molecule has 0 radical (unpaired) electrons. The van der Waals surface area contributed by atoms with Crippen LogP contribution in [0.1, 0.15) is 41.8 Å². The van der Waals surface area contributed by atoms with Crippen molar-refractivity contribution in [3.8, 4) is 11.1 Å². The molecule has 0 aromatic heterocycles. The lowest BCUT2D eigenvalue weighted by atomic mass is 9.99. The zero-order valence-electron chi connectivity index (χ0n) is 20.0. The molecule has 3 rings (SSSR count). The van der Waals surface area contributed by atoms with Gasteiger partial charge in [0.05, 0.1) is 0 Å². The first-order valence-electron chi connectivity index (χ1n) is 11.6. The summed E-state index contributed by atoms with van der Waals surface area (Å²) in [5.74, 6) is 0.0107. The number of benzene rings is 3. The monoisotopic (exact) mass is 442 g/mol. The van der Waals surface area contributed by atoms with Gasteiger partial charge in [0.2, 0.25) is 5.91 Å². The van der Waals surface area contributed by atoms with Crippen LogP contribution in [-0.4, -0.2) is 36.3 Å². The Morgan fingerprint density at radius 2 is 1.52 bits per heavy atom. The van der Waals surface area contributed by atoms with Crippen LogP contribution in [0.15, 0.2) is 78.9 Å². The van der Waals surface area contributed by atoms with Gasteiger partial charge in [-0.3, -0.25) is 9.59 Å². The zero-order valence-corrected chi connectivity index (χ0v) is 20.0. The molecule has 0 saturated heterocycles. The molecule has 0 aliphatic rings. The first-order valence-corrected chi connectivity index (χ1v) is 11.6. The minimum atomic E-state index is -0.547. The number of hydrogen-bond donors (Lipinski definition) is 1. The molecule has 1 unspecified atom stereocenters. The van der Waals surface area contributed by atoms with Crippen molar-refractivity contribution in [1.82, 2.24) is 10.2 Å². The molecule has 1 N–H and O–H groups in total. The fourth-order valence-electron chi connectivity index (χ4n) is 3.95. The maximum absolute atomic E-state index is 13.2. The summed E-state index contributed by atoms with van der Waals surface area (Å²) >= 11 is 0. The molecular formula is C29H34N2O2. The van der Waals surface area contributed by atoms with Crippen LogP contribution in [0.5, 0.6) is 0 Å². The Kier molecular flexibility index (Phi) is 8.42. The number of aryl methyl sites for hydroxylation is 1. The third-order valence-electron chi connectivity index (χ3n) is 5.87. The Labute approximate surface area is 197 Å². The van der Waals surface area contributed by atoms with Crippen LogP contribution < -0.4 is 5.32 Å². The van der Waals surface area contributed by atoms with Crippen LogP contribution in [0.3, 0.4) is 0 Å². The van der Waals surface area contributed by atoms with Gasteiger partial charge in [-0.25, -0.2) is 0 Å². The fourth-order valence-corrected chi connectivity index (χ4v) is 3.95. The second-order valence-corrected chi connectivity index (χ2v) is 9.04. The van der Waals surface area contributed by atoms with Crippen LogP contribution in [0.2, 0.25) is 0 Å². The van der Waals surface area contributed by atoms with Crippen LogP contribution in [0.25, 0.3) is 11.1 Å². The van der Waals surface area contributed by atoms with Gasteiger partial charge in [0.15, 0.2) is 0 Å². The van der Waals surface area contributed by atoms with E-state index in [1.165, 1.54) is 11.1 Å². The molecule has 3 aromatic carbocycles. The molecule has 0 spiro atoms. The summed E-state index contributed by atoms with van der Waals surface area (Å²) in [6.45, 7) is 6.81. The second kappa shape index (κ2) is 11.5. The van der Waals surface area contributed by atoms with Gasteiger partial charge in [-0.15, -0.1) is 0 Å². The van der Waals surface area contributed by atoms with Crippen molar-refractivity contribution in [1.29, 1.82) is 0 Å². The average molecular weight is 443 g/mol. The van der Waals surface area contributed by atoms with Crippen molar-refractivity contribution >= 4 is 11.8 Å². The molecule has 0 aliphatic heterocycles. The molecule has 172 valence electrons. The van der Waals surface area contributed by atoms with E-state index in [0.717, 1.165) is 17.5 Å². The SMILES string of the molecule is Cc1ccccc1-c1ccc(C(=O)NC(CC(C)C)C(=O)N(C)CCc2ccccc2)cc1. The molecule has 2 amide bonds. The predicted octanol–water partition coefficient (Wildman–Crippen LogP) is 5.51. The van der Waals surface area contributed by atoms with Gasteiger partial charge in [0.1, 0.15) is 6.04 Å². The Balaban J connectivity index is 1.66. The highest BCUT2D eigenvalue weighted by atomic mass is 16.2. The second-order valence-electron chi connectivity index (χ2n) is 9.04. The summed E-state index contributed by atoms with van der Waals surface area (Å²) < 4.78 is 0. The highest BCUT2D eigenvalue weighted by Gasteiger charge is 2.25. The first-order chi connectivity index (χ1) is 15.8. The van der Waals surface area contributed by atoms with Crippen molar-refractivity contribution in [3.63, 3.8) is 0 Å². The van der Waals surface area contributed by atoms with E-state index in [9.17, 15) is 9.59 Å². The molecule has 0 aliphatic carbocycles. The van der Waals surface area contributed by atoms with E-state index in [1.807, 2.05) is 61.6 Å². The quantitative estimate of drug-likeness (QED) is 0.475. The highest BCUT2D eigenvalue weighted by Crippen LogP contribution is 2.23. The van der Waals surface area contributed by atoms with Gasteiger partial charge in [-0.05, 0) is 60.1 Å². The van der Waals surface area contributed by atoms with Crippen LogP contribution >= 0.6 is 0 Å². The summed E-state index contributed by atoms with van der Waals surface area (Å²) in [5, 5.41) is 2.98. The third kappa shape index (κ3) is 6.79. The number of nitrogens with one attached hydrogen (secondary N) is 1. The number of amides is 2. The Bertz CT molecular complexity index is 1060. The molecule has 0 heterocycles. The number of carbonyl (C=O) groups excluding carboxylic acids is 2. The van der Waals surface area contributed by atoms with Gasteiger partial charge in [0, 0.05) is 19.2 Å². The number of rotatable bonds is 9. The molecule has 0 bridgehead atoms. The fraction of sp³-hybridized carbons (Fsp3) is 0.310. The minimum Gasteiger partial charge on any atom is -0.344 e. The highest BCUT2D eigenvalue weighted by molar-refractivity contribution is 5.98. The third-order valence-corrected chi connectivity index (χ3v) is 5.87. The van der Waals surface area contributed by atoms with E-state index in [-0.39, 0.29) is 17.7 Å². The lowest BCUT2D eigenvalue weighted by Gasteiger charge is -2.26. The molecule has 0 fully saturated rings. The topological polar surface area (TPSA) is 49.4 Å². The summed E-state index contributed by atoms with van der Waals surface area (Å²) in [7, 11) is 1.81. The van der Waals surface area contributed by atoms with E-state index in [1.54, 1.807) is 4.90 Å². The maximum Gasteiger partial charge on any atom is 0.251 e. The van der Waals surface area contributed by atoms with Crippen molar-refractivity contribution < 1.29 is 9.59 Å². The van der Waals surface area contributed by atoms with Gasteiger partial charge in [-0.1, -0.05) is 80.6 Å². The number of likely N-dealkylation sites (N-methyl/N-ethyl adjacent to an activating group) is 1. The smallest absolute Gasteiger partial charge is 0.251 e. The van der Waals surface area contributed by atoms with Crippen LogP contribution in [0.4, 0.5) is 0 Å². The van der Waals surface area contributed by atoms with Crippen LogP contribution in [-0.2, 0) is 11.2 Å². The zero-order chi connectivity index (χ0) is 23.8. The standard InChI is InChI=1S/C29H34N2O2/c1-21(2)20-27(29(33)31(4)19-18-23-11-6-5-7-12-23)30-28(32)25-16-14-24(15-17-25)26-13-9-8-10-22(26)3/h5-17,21,27H,18-20H2,1-4H3,(H,30,32). The molecule has 0 saturated carbocycles. The van der Waals surface area contributed by atoms with Crippen molar-refractivity contribution in [2.45, 2.75) is 39.7 Å². The van der Waals surface area contributed by atoms with Crippen molar-refractivity contribution in [3.05, 3.63) is 95.6 Å². The van der Waals surface area contributed by atoms with Crippen molar-refractivity contribution in [2.24, 2.45) is 5.92 Å². The molecule has 4 nitrogen and oxygen atoms in total. The summed E-state index contributed by atoms with van der Waals surface area (Å²) in [4.78, 5) is 27.9. The lowest BCUT2D eigenvalue weighted by Crippen LogP contribution is -2.48. The maximum atomic E-state index is 13.2. The Morgan fingerprint density at radius 1 is 0.879 bits per heavy atom. The summed E-state index contributed by atoms with van der Waals surface area (Å²) in [6.07, 6.45) is 1.38. The van der Waals surface area contributed by atoms with E-state index in [4.69, 9.17) is 0 Å². The summed E-state index contributed by atoms with van der Waals surface area (Å²) in [6, 6.07) is 25.3. The minimum absolute atomic E-state index is 0.0514. The largest absolute Gasteiger partial charge is 0.344 e. The van der Waals surface area contributed by atoms with Gasteiger partial charge < -0.3 is 10.2 Å². The molecule has 3 aromatic rings. The van der Waals surface area contributed by atoms with Crippen molar-refractivity contribution in [2.75, 3.05) is 13.6 Å². The molecule has 4 heteroatoms. The van der Waals surface area contributed by atoms with Gasteiger partial charge in [0.25, 0.3) is 5.91 Å². The van der Waals surface area contributed by atoms with Gasteiger partial charge in [-0.2, -0.15) is 0 Å². The molecule has 1 atom stereocenters. The number of nitrogens with zero attached hydrogens (tertiary/aromatic N) is 1. The Hall–Kier alpha value is -3.40. The molecular weight excluding hydrogens is 408 g/mol. The number of hydrogen-bond acceptors (Lipinski definition) is 2. The lowest BCUT2D eigenvalue weighted by molar-refractivity contribution is -0.132. The first kappa shape index (κ1) is 24.2. The van der Waals surface area contributed by atoms with E-state index < -0.39 is 6.04 Å². The normalized spacial score (nSPS) is 11.8. The van der Waals surface area contributed by atoms with E-state index in [2.05, 4.69) is 50.4 Å². The average Bonchev–Trinajstić information content (AvgIpc) is 2.82. The van der Waals surface area contributed by atoms with E-state index >= 15 is 0 Å². The molecule has 33 heavy (non-hydrogen) atoms. The van der Waals surface area contributed by atoms with Gasteiger partial charge >= 0.3 is 0 Å². The summed E-state index contributed by atoms with van der Waals surface area (Å²) in [5.41, 5.74) is 5.16. The number of carbonyl (C=O) groups is 2. The predicted molar refractivity (Wildman–Crippen MR) is 135 cm³/mol. The van der Waals surface area contributed by atoms with E-state index in [0.29, 0.717) is 18.5 Å².